The Labute approximate surface area is 171 Å². The number of nitrogens with one attached hydrogen (secondary N) is 2. The maximum atomic E-state index is 9.57. The van der Waals surface area contributed by atoms with Crippen molar-refractivity contribution in [2.45, 2.75) is 66.2 Å². The third-order valence-electron chi connectivity index (χ3n) is 5.47. The lowest BCUT2D eigenvalue weighted by molar-refractivity contribution is 0.105. The van der Waals surface area contributed by atoms with E-state index in [1.165, 1.54) is 25.7 Å². The summed E-state index contributed by atoms with van der Waals surface area (Å²) in [6.07, 6.45) is 7.23. The zero-order valence-corrected chi connectivity index (χ0v) is 19.0. The summed E-state index contributed by atoms with van der Waals surface area (Å²) in [6.45, 7) is 12.6. The third-order valence-corrected chi connectivity index (χ3v) is 5.47. The van der Waals surface area contributed by atoms with Crippen LogP contribution >= 0.6 is 24.0 Å². The Bertz CT molecular complexity index is 368. The number of guanidine groups is 1. The molecule has 1 saturated carbocycles. The molecule has 0 aromatic rings. The maximum absolute atomic E-state index is 9.57. The molecule has 0 radical (unpaired) electrons. The van der Waals surface area contributed by atoms with Gasteiger partial charge in [-0.25, -0.2) is 0 Å². The van der Waals surface area contributed by atoms with E-state index in [1.54, 1.807) is 0 Å². The van der Waals surface area contributed by atoms with Crippen molar-refractivity contribution in [3.8, 4) is 0 Å². The Morgan fingerprint density at radius 2 is 1.88 bits per heavy atom. The molecule has 0 aliphatic heterocycles. The SMILES string of the molecule is CCNC(=NCC(C)(CC)CO)NCC1(CCOCC)CCCC1.I. The van der Waals surface area contributed by atoms with Crippen LogP contribution in [0.3, 0.4) is 0 Å². The fourth-order valence-electron chi connectivity index (χ4n) is 3.23. The Morgan fingerprint density at radius 3 is 2.40 bits per heavy atom. The standard InChI is InChI=1S/C19H39N3O2.HI/c1-5-18(4,16-23)14-21-17(20-6-2)22-15-19(10-8-9-11-19)12-13-24-7-3;/h23H,5-16H2,1-4H3,(H2,20,21,22);1H. The average Bonchev–Trinajstić information content (AvgIpc) is 3.06. The van der Waals surface area contributed by atoms with Crippen LogP contribution < -0.4 is 10.6 Å². The van der Waals surface area contributed by atoms with Crippen LogP contribution in [0.1, 0.15) is 66.2 Å². The van der Waals surface area contributed by atoms with E-state index in [9.17, 15) is 5.11 Å². The minimum absolute atomic E-state index is 0. The lowest BCUT2D eigenvalue weighted by Gasteiger charge is -2.30. The molecular formula is C19H40IN3O2. The van der Waals surface area contributed by atoms with Gasteiger partial charge in [0.25, 0.3) is 0 Å². The van der Waals surface area contributed by atoms with Gasteiger partial charge in [0.1, 0.15) is 0 Å². The number of ether oxygens (including phenoxy) is 1. The van der Waals surface area contributed by atoms with Crippen LogP contribution in [0.4, 0.5) is 0 Å². The van der Waals surface area contributed by atoms with Gasteiger partial charge in [-0.2, -0.15) is 0 Å². The summed E-state index contributed by atoms with van der Waals surface area (Å²) in [5.74, 6) is 0.869. The number of hydrogen-bond acceptors (Lipinski definition) is 3. The fourth-order valence-corrected chi connectivity index (χ4v) is 3.23. The van der Waals surface area contributed by atoms with E-state index in [-0.39, 0.29) is 36.0 Å². The summed E-state index contributed by atoms with van der Waals surface area (Å²) in [5.41, 5.74) is 0.207. The molecule has 1 atom stereocenters. The van der Waals surface area contributed by atoms with Crippen LogP contribution in [-0.4, -0.2) is 50.5 Å². The van der Waals surface area contributed by atoms with Gasteiger partial charge in [0, 0.05) is 31.7 Å². The Hall–Kier alpha value is -0.0800. The lowest BCUT2D eigenvalue weighted by atomic mass is 9.83. The van der Waals surface area contributed by atoms with Gasteiger partial charge in [-0.3, -0.25) is 4.99 Å². The first-order chi connectivity index (χ1) is 11.5. The molecule has 1 fully saturated rings. The summed E-state index contributed by atoms with van der Waals surface area (Å²) < 4.78 is 5.59. The molecule has 3 N–H and O–H groups in total. The largest absolute Gasteiger partial charge is 0.396 e. The fraction of sp³-hybridized carbons (Fsp3) is 0.947. The molecule has 1 aliphatic carbocycles. The van der Waals surface area contributed by atoms with Gasteiger partial charge >= 0.3 is 0 Å². The molecule has 0 amide bonds. The summed E-state index contributed by atoms with van der Waals surface area (Å²) in [4.78, 5) is 4.72. The van der Waals surface area contributed by atoms with E-state index < -0.39 is 0 Å². The Kier molecular flexibility index (Phi) is 13.1. The van der Waals surface area contributed by atoms with Crippen LogP contribution in [-0.2, 0) is 4.74 Å². The topological polar surface area (TPSA) is 65.9 Å². The highest BCUT2D eigenvalue weighted by Crippen LogP contribution is 2.40. The molecule has 0 spiro atoms. The van der Waals surface area contributed by atoms with E-state index in [2.05, 4.69) is 38.3 Å². The molecule has 1 rings (SSSR count). The smallest absolute Gasteiger partial charge is 0.191 e. The average molecular weight is 469 g/mol. The molecular weight excluding hydrogens is 429 g/mol. The molecule has 150 valence electrons. The van der Waals surface area contributed by atoms with Crippen molar-refractivity contribution < 1.29 is 9.84 Å². The van der Waals surface area contributed by atoms with E-state index >= 15 is 0 Å². The maximum Gasteiger partial charge on any atom is 0.191 e. The van der Waals surface area contributed by atoms with Crippen LogP contribution in [0.25, 0.3) is 0 Å². The number of nitrogens with zero attached hydrogens (tertiary/aromatic N) is 1. The van der Waals surface area contributed by atoms with Crippen LogP contribution in [0.15, 0.2) is 4.99 Å². The van der Waals surface area contributed by atoms with E-state index in [4.69, 9.17) is 9.73 Å². The van der Waals surface area contributed by atoms with E-state index in [0.717, 1.165) is 45.1 Å². The molecule has 0 bridgehead atoms. The first-order valence-electron chi connectivity index (χ1n) is 9.74. The van der Waals surface area contributed by atoms with Crippen molar-refractivity contribution in [3.63, 3.8) is 0 Å². The summed E-state index contributed by atoms with van der Waals surface area (Å²) in [5, 5.41) is 16.5. The van der Waals surface area contributed by atoms with Gasteiger partial charge in [0.05, 0.1) is 13.2 Å². The molecule has 1 unspecified atom stereocenters. The van der Waals surface area contributed by atoms with Gasteiger partial charge in [-0.1, -0.05) is 26.7 Å². The van der Waals surface area contributed by atoms with Crippen LogP contribution in [0, 0.1) is 10.8 Å². The quantitative estimate of drug-likeness (QED) is 0.187. The highest BCUT2D eigenvalue weighted by molar-refractivity contribution is 14.0. The highest BCUT2D eigenvalue weighted by Gasteiger charge is 2.33. The molecule has 6 heteroatoms. The predicted molar refractivity (Wildman–Crippen MR) is 117 cm³/mol. The van der Waals surface area contributed by atoms with E-state index in [0.29, 0.717) is 12.0 Å². The third kappa shape index (κ3) is 8.91. The number of halogens is 1. The summed E-state index contributed by atoms with van der Waals surface area (Å²) in [7, 11) is 0. The van der Waals surface area contributed by atoms with Gasteiger partial charge in [-0.05, 0) is 44.9 Å². The van der Waals surface area contributed by atoms with Gasteiger partial charge in [0.2, 0.25) is 0 Å². The molecule has 0 aromatic carbocycles. The highest BCUT2D eigenvalue weighted by atomic mass is 127. The Balaban J connectivity index is 0.00000576. The van der Waals surface area contributed by atoms with Crippen molar-refractivity contribution in [3.05, 3.63) is 0 Å². The molecule has 25 heavy (non-hydrogen) atoms. The molecule has 0 heterocycles. The second kappa shape index (κ2) is 13.1. The van der Waals surface area contributed by atoms with Gasteiger partial charge in [-0.15, -0.1) is 24.0 Å². The van der Waals surface area contributed by atoms with Crippen LogP contribution in [0.5, 0.6) is 0 Å². The van der Waals surface area contributed by atoms with Crippen molar-refractivity contribution >= 4 is 29.9 Å². The first-order valence-corrected chi connectivity index (χ1v) is 9.74. The minimum Gasteiger partial charge on any atom is -0.396 e. The monoisotopic (exact) mass is 469 g/mol. The molecule has 5 nitrogen and oxygen atoms in total. The molecule has 0 saturated heterocycles. The normalized spacial score (nSPS) is 19.2. The second-order valence-electron chi connectivity index (χ2n) is 7.53. The zero-order valence-electron chi connectivity index (χ0n) is 16.7. The van der Waals surface area contributed by atoms with Crippen molar-refractivity contribution in [1.29, 1.82) is 0 Å². The van der Waals surface area contributed by atoms with Gasteiger partial charge in [0.15, 0.2) is 5.96 Å². The lowest BCUT2D eigenvalue weighted by Crippen LogP contribution is -2.44. The summed E-state index contributed by atoms with van der Waals surface area (Å²) in [6, 6.07) is 0. The predicted octanol–water partition coefficient (Wildman–Crippen LogP) is 3.56. The first kappa shape index (κ1) is 24.9. The second-order valence-corrected chi connectivity index (χ2v) is 7.53. The zero-order chi connectivity index (χ0) is 17.9. The number of aliphatic hydroxyl groups is 1. The minimum atomic E-state index is -0.137. The van der Waals surface area contributed by atoms with Gasteiger partial charge < -0.3 is 20.5 Å². The number of aliphatic imine (C=N–C) groups is 1. The molecule has 1 aliphatic rings. The van der Waals surface area contributed by atoms with Crippen molar-refractivity contribution in [1.82, 2.24) is 10.6 Å². The number of rotatable bonds is 11. The Morgan fingerprint density at radius 1 is 1.20 bits per heavy atom. The molecule has 0 aromatic heterocycles. The number of hydrogen-bond donors (Lipinski definition) is 3. The summed E-state index contributed by atoms with van der Waals surface area (Å²) >= 11 is 0. The van der Waals surface area contributed by atoms with Crippen LogP contribution in [0.2, 0.25) is 0 Å². The van der Waals surface area contributed by atoms with Crippen molar-refractivity contribution in [2.75, 3.05) is 39.5 Å². The van der Waals surface area contributed by atoms with E-state index in [1.807, 2.05) is 0 Å². The number of aliphatic hydroxyl groups excluding tert-OH is 1. The van der Waals surface area contributed by atoms with Crippen molar-refractivity contribution in [2.24, 2.45) is 15.8 Å².